The molecule has 7 nitrogen and oxygen atoms in total. The van der Waals surface area contributed by atoms with E-state index < -0.39 is 6.04 Å². The molecule has 1 aromatic carbocycles. The number of hydrogen-bond donors (Lipinski definition) is 2. The zero-order valence-corrected chi connectivity index (χ0v) is 18.1. The minimum absolute atomic E-state index is 0.108. The van der Waals surface area contributed by atoms with Crippen LogP contribution < -0.4 is 11.1 Å². The van der Waals surface area contributed by atoms with Crippen LogP contribution in [-0.2, 0) is 22.7 Å². The van der Waals surface area contributed by atoms with E-state index in [1.165, 1.54) is 44.1 Å². The lowest BCUT2D eigenvalue weighted by molar-refractivity contribution is -0.136. The maximum absolute atomic E-state index is 12.9. The molecule has 3 aliphatic heterocycles. The lowest BCUT2D eigenvalue weighted by Crippen LogP contribution is -2.56. The maximum atomic E-state index is 12.9. The number of nitrogens with one attached hydrogen (secondary N) is 1. The monoisotopic (exact) mass is 424 g/mol. The van der Waals surface area contributed by atoms with Gasteiger partial charge in [0.1, 0.15) is 6.04 Å². The third-order valence-electron chi connectivity index (χ3n) is 8.05. The van der Waals surface area contributed by atoms with Gasteiger partial charge < -0.3 is 10.6 Å². The topological polar surface area (TPSA) is 95.7 Å². The highest BCUT2D eigenvalue weighted by Crippen LogP contribution is 2.48. The van der Waals surface area contributed by atoms with E-state index in [0.717, 1.165) is 25.2 Å². The second-order valence-corrected chi connectivity index (χ2v) is 9.79. The van der Waals surface area contributed by atoms with Crippen molar-refractivity contribution < 1.29 is 14.4 Å². The fourth-order valence-electron chi connectivity index (χ4n) is 6.14. The van der Waals surface area contributed by atoms with Gasteiger partial charge in [0.25, 0.3) is 5.91 Å². The number of likely N-dealkylation sites (tertiary alicyclic amines) is 1. The fourth-order valence-corrected chi connectivity index (χ4v) is 6.14. The van der Waals surface area contributed by atoms with Crippen LogP contribution in [-0.4, -0.2) is 52.7 Å². The molecule has 3 fully saturated rings. The van der Waals surface area contributed by atoms with E-state index in [-0.39, 0.29) is 29.6 Å². The first-order chi connectivity index (χ1) is 15.0. The van der Waals surface area contributed by atoms with Crippen molar-refractivity contribution in [3.05, 3.63) is 34.9 Å². The van der Waals surface area contributed by atoms with Crippen LogP contribution in [0.15, 0.2) is 18.2 Å². The summed E-state index contributed by atoms with van der Waals surface area (Å²) in [6.07, 6.45) is 8.18. The normalized spacial score (nSPS) is 28.3. The van der Waals surface area contributed by atoms with Gasteiger partial charge in [0, 0.05) is 31.1 Å². The van der Waals surface area contributed by atoms with E-state index in [4.69, 9.17) is 5.73 Å². The second kappa shape index (κ2) is 8.02. The van der Waals surface area contributed by atoms with Crippen molar-refractivity contribution in [3.63, 3.8) is 0 Å². The molecule has 1 saturated carbocycles. The highest BCUT2D eigenvalue weighted by Gasteiger charge is 2.46. The van der Waals surface area contributed by atoms with E-state index >= 15 is 0 Å². The molecule has 0 radical (unpaired) electrons. The number of piperidine rings is 2. The van der Waals surface area contributed by atoms with Crippen LogP contribution in [0.25, 0.3) is 0 Å². The fraction of sp³-hybridized carbons (Fsp3) is 0.625. The zero-order chi connectivity index (χ0) is 21.6. The standard InChI is InChI=1S/C24H32N4O3/c25-15-24(9-3-10-24)20-4-1-2-11-27(20)13-16-5-6-18-17(12-16)14-28(23(18)31)19-7-8-21(29)26-22(19)30/h5-6,12,19-20H,1-4,7-11,13-15,25H2,(H,26,29,30). The Balaban J connectivity index is 1.32. The number of nitrogens with two attached hydrogens (primary N) is 1. The Labute approximate surface area is 183 Å². The van der Waals surface area contributed by atoms with Gasteiger partial charge in [0.15, 0.2) is 0 Å². The third-order valence-corrected chi connectivity index (χ3v) is 8.05. The van der Waals surface area contributed by atoms with Crippen LogP contribution in [0.1, 0.15) is 72.9 Å². The molecule has 31 heavy (non-hydrogen) atoms. The van der Waals surface area contributed by atoms with E-state index in [1.54, 1.807) is 4.90 Å². The van der Waals surface area contributed by atoms with Gasteiger partial charge in [0.2, 0.25) is 11.8 Å². The number of nitrogens with zero attached hydrogens (tertiary/aromatic N) is 2. The average molecular weight is 425 g/mol. The van der Waals surface area contributed by atoms with Gasteiger partial charge in [-0.1, -0.05) is 25.0 Å². The van der Waals surface area contributed by atoms with Crippen molar-refractivity contribution in [1.82, 2.24) is 15.1 Å². The van der Waals surface area contributed by atoms with Gasteiger partial charge in [-0.15, -0.1) is 0 Å². The van der Waals surface area contributed by atoms with E-state index in [1.807, 2.05) is 6.07 Å². The molecule has 1 aromatic rings. The summed E-state index contributed by atoms with van der Waals surface area (Å²) in [6, 6.07) is 6.11. The number of carbonyl (C=O) groups is 3. The lowest BCUT2D eigenvalue weighted by Gasteiger charge is -2.53. The highest BCUT2D eigenvalue weighted by molar-refractivity contribution is 6.05. The Hall–Kier alpha value is -2.25. The summed E-state index contributed by atoms with van der Waals surface area (Å²) in [5.41, 5.74) is 9.40. The molecule has 166 valence electrons. The van der Waals surface area contributed by atoms with Crippen molar-refractivity contribution in [1.29, 1.82) is 0 Å². The number of carbonyl (C=O) groups excluding carboxylic acids is 3. The molecule has 4 aliphatic rings. The Morgan fingerprint density at radius 1 is 1.10 bits per heavy atom. The molecule has 2 saturated heterocycles. The van der Waals surface area contributed by atoms with Gasteiger partial charge in [-0.05, 0) is 67.8 Å². The molecule has 0 bridgehead atoms. The van der Waals surface area contributed by atoms with Gasteiger partial charge >= 0.3 is 0 Å². The molecule has 0 aromatic heterocycles. The number of amides is 3. The number of rotatable bonds is 5. The summed E-state index contributed by atoms with van der Waals surface area (Å²) >= 11 is 0. The molecule has 3 amide bonds. The minimum atomic E-state index is -0.560. The van der Waals surface area contributed by atoms with E-state index in [0.29, 0.717) is 24.6 Å². The molecule has 3 heterocycles. The summed E-state index contributed by atoms with van der Waals surface area (Å²) in [5, 5.41) is 2.37. The smallest absolute Gasteiger partial charge is 0.255 e. The summed E-state index contributed by atoms with van der Waals surface area (Å²) in [7, 11) is 0. The van der Waals surface area contributed by atoms with Crippen LogP contribution >= 0.6 is 0 Å². The molecule has 0 spiro atoms. The number of benzene rings is 1. The van der Waals surface area contributed by atoms with Crippen molar-refractivity contribution in [2.45, 2.75) is 76.5 Å². The minimum Gasteiger partial charge on any atom is -0.330 e. The van der Waals surface area contributed by atoms with Gasteiger partial charge in [-0.25, -0.2) is 0 Å². The van der Waals surface area contributed by atoms with Crippen LogP contribution in [0.5, 0.6) is 0 Å². The first-order valence-corrected chi connectivity index (χ1v) is 11.7. The predicted molar refractivity (Wildman–Crippen MR) is 116 cm³/mol. The summed E-state index contributed by atoms with van der Waals surface area (Å²) in [6.45, 7) is 3.19. The molecule has 2 atom stereocenters. The van der Waals surface area contributed by atoms with Crippen molar-refractivity contribution in [3.8, 4) is 0 Å². The Morgan fingerprint density at radius 2 is 1.94 bits per heavy atom. The second-order valence-electron chi connectivity index (χ2n) is 9.79. The predicted octanol–water partition coefficient (Wildman–Crippen LogP) is 1.93. The van der Waals surface area contributed by atoms with Crippen LogP contribution in [0.3, 0.4) is 0 Å². The summed E-state index contributed by atoms with van der Waals surface area (Å²) in [5.74, 6) is -0.727. The van der Waals surface area contributed by atoms with E-state index in [9.17, 15) is 14.4 Å². The van der Waals surface area contributed by atoms with Crippen LogP contribution in [0, 0.1) is 5.41 Å². The molecular formula is C24H32N4O3. The molecule has 2 unspecified atom stereocenters. The largest absolute Gasteiger partial charge is 0.330 e. The molecule has 7 heteroatoms. The van der Waals surface area contributed by atoms with Gasteiger partial charge in [-0.2, -0.15) is 0 Å². The van der Waals surface area contributed by atoms with Crippen molar-refractivity contribution in [2.75, 3.05) is 13.1 Å². The first-order valence-electron chi connectivity index (χ1n) is 11.7. The molecule has 5 rings (SSSR count). The lowest BCUT2D eigenvalue weighted by atomic mass is 9.62. The number of imide groups is 1. The summed E-state index contributed by atoms with van der Waals surface area (Å²) in [4.78, 5) is 40.9. The Morgan fingerprint density at radius 3 is 2.65 bits per heavy atom. The highest BCUT2D eigenvalue weighted by atomic mass is 16.2. The zero-order valence-electron chi connectivity index (χ0n) is 18.1. The van der Waals surface area contributed by atoms with Crippen molar-refractivity contribution >= 4 is 17.7 Å². The SMILES string of the molecule is NCC1(C2CCCCN2Cc2ccc3c(c2)CN(C2CCC(=O)NC2=O)C3=O)CCC1. The third kappa shape index (κ3) is 3.57. The van der Waals surface area contributed by atoms with Crippen LogP contribution in [0.2, 0.25) is 0 Å². The van der Waals surface area contributed by atoms with Gasteiger partial charge in [0.05, 0.1) is 0 Å². The maximum Gasteiger partial charge on any atom is 0.255 e. The number of hydrogen-bond acceptors (Lipinski definition) is 5. The number of fused-ring (bicyclic) bond motifs is 1. The first kappa shape index (κ1) is 20.6. The average Bonchev–Trinajstić information content (AvgIpc) is 3.04. The summed E-state index contributed by atoms with van der Waals surface area (Å²) < 4.78 is 0. The van der Waals surface area contributed by atoms with Gasteiger partial charge in [-0.3, -0.25) is 24.6 Å². The Bertz CT molecular complexity index is 905. The molecular weight excluding hydrogens is 392 g/mol. The van der Waals surface area contributed by atoms with Crippen LogP contribution in [0.4, 0.5) is 0 Å². The quantitative estimate of drug-likeness (QED) is 0.704. The molecule has 1 aliphatic carbocycles. The van der Waals surface area contributed by atoms with E-state index in [2.05, 4.69) is 22.3 Å². The Kier molecular flexibility index (Phi) is 5.34. The van der Waals surface area contributed by atoms with Crippen molar-refractivity contribution in [2.24, 2.45) is 11.1 Å². The molecule has 3 N–H and O–H groups in total.